The van der Waals surface area contributed by atoms with Crippen LogP contribution in [0.5, 0.6) is 0 Å². The number of rotatable bonds is 7. The monoisotopic (exact) mass is 1150 g/mol. The average molecular weight is 1150 g/mol. The highest BCUT2D eigenvalue weighted by atomic mass is 15.0. The van der Waals surface area contributed by atoms with E-state index in [9.17, 15) is 5.41 Å². The van der Waals surface area contributed by atoms with Crippen LogP contribution in [0.1, 0.15) is 66.6 Å². The van der Waals surface area contributed by atoms with Crippen molar-refractivity contribution in [2.75, 3.05) is 0 Å². The van der Waals surface area contributed by atoms with Gasteiger partial charge in [-0.05, 0) is 163 Å². The second-order valence-corrected chi connectivity index (χ2v) is 26.2. The quantitative estimate of drug-likeness (QED) is 0.154. The highest BCUT2D eigenvalue weighted by Crippen LogP contribution is 2.52. The lowest BCUT2D eigenvalue weighted by Crippen LogP contribution is -2.15. The molecule has 3 aliphatic rings. The number of para-hydroxylation sites is 2. The summed E-state index contributed by atoms with van der Waals surface area (Å²) in [5.74, 6) is 0. The maximum Gasteiger partial charge on any atom is 0.0711 e. The van der Waals surface area contributed by atoms with Crippen LogP contribution in [0.2, 0.25) is 0 Å². The SMILES string of the molecule is CC1(C)c2ccccc2-c2ccc(-n3c4ccccc4c4cc(-c5ccc6c(c5)c5cc(-c7ccc8c(c7)c7ccccc7n8-c7ccc8c(c7)C(C)(C)c7ccccc7-8)ccc5n6-c5ccc6c7c(cccc57)C(N)=C6C(=N)c5ccccc5)ccc43)cc21. The Balaban J connectivity index is 0.784. The van der Waals surface area contributed by atoms with E-state index in [1.165, 1.54) is 110 Å². The average Bonchev–Trinajstić information content (AvgIpc) is 1.77. The fraction of sp³-hybridized carbons (Fsp3) is 0.0706. The number of aromatic nitrogens is 3. The van der Waals surface area contributed by atoms with Gasteiger partial charge in [-0.25, -0.2) is 0 Å². The van der Waals surface area contributed by atoms with Gasteiger partial charge >= 0.3 is 0 Å². The largest absolute Gasteiger partial charge is 0.398 e. The minimum Gasteiger partial charge on any atom is -0.398 e. The molecule has 5 nitrogen and oxygen atoms in total. The second kappa shape index (κ2) is 18.2. The zero-order valence-electron chi connectivity index (χ0n) is 50.3. The first-order valence-electron chi connectivity index (χ1n) is 31.4. The normalized spacial score (nSPS) is 14.2. The second-order valence-electron chi connectivity index (χ2n) is 26.2. The molecule has 5 heteroatoms. The first kappa shape index (κ1) is 50.8. The van der Waals surface area contributed by atoms with Gasteiger partial charge in [-0.1, -0.05) is 204 Å². The summed E-state index contributed by atoms with van der Waals surface area (Å²) in [4.78, 5) is 0. The molecular formula is C85H59N5. The minimum absolute atomic E-state index is 0.113. The fourth-order valence-corrected chi connectivity index (χ4v) is 16.5. The molecule has 16 aromatic rings. The van der Waals surface area contributed by atoms with Crippen LogP contribution in [0, 0.1) is 5.41 Å². The summed E-state index contributed by atoms with van der Waals surface area (Å²) in [7, 11) is 0. The molecule has 0 saturated carbocycles. The van der Waals surface area contributed by atoms with Crippen LogP contribution >= 0.6 is 0 Å². The molecule has 0 radical (unpaired) electrons. The van der Waals surface area contributed by atoms with Gasteiger partial charge in [-0.3, -0.25) is 5.41 Å². The van der Waals surface area contributed by atoms with E-state index in [2.05, 4.69) is 278 Å². The summed E-state index contributed by atoms with van der Waals surface area (Å²) in [5, 5.41) is 18.9. The zero-order chi connectivity index (χ0) is 60.1. The molecule has 0 bridgehead atoms. The van der Waals surface area contributed by atoms with Crippen molar-refractivity contribution >= 4 is 93.2 Å². The number of nitrogens with zero attached hydrogens (tertiary/aromatic N) is 3. The van der Waals surface area contributed by atoms with Crippen molar-refractivity contribution in [2.24, 2.45) is 5.73 Å². The summed E-state index contributed by atoms with van der Waals surface area (Å²) >= 11 is 0. The predicted molar refractivity (Wildman–Crippen MR) is 377 cm³/mol. The minimum atomic E-state index is -0.113. The van der Waals surface area contributed by atoms with Gasteiger partial charge in [0.15, 0.2) is 0 Å². The molecule has 3 heterocycles. The smallest absolute Gasteiger partial charge is 0.0711 e. The van der Waals surface area contributed by atoms with E-state index < -0.39 is 0 Å². The Morgan fingerprint density at radius 1 is 0.311 bits per heavy atom. The van der Waals surface area contributed by atoms with Crippen LogP contribution in [0.3, 0.4) is 0 Å². The fourth-order valence-electron chi connectivity index (χ4n) is 16.5. The van der Waals surface area contributed by atoms with E-state index in [1.807, 2.05) is 30.3 Å². The summed E-state index contributed by atoms with van der Waals surface area (Å²) < 4.78 is 7.38. The van der Waals surface area contributed by atoms with Gasteiger partial charge in [0.25, 0.3) is 0 Å². The van der Waals surface area contributed by atoms with Crippen LogP contribution in [-0.4, -0.2) is 19.4 Å². The lowest BCUT2D eigenvalue weighted by molar-refractivity contribution is 0.660. The van der Waals surface area contributed by atoms with Gasteiger partial charge in [-0.15, -0.1) is 0 Å². The lowest BCUT2D eigenvalue weighted by atomic mass is 9.82. The molecule has 0 saturated heterocycles. The van der Waals surface area contributed by atoms with Gasteiger partial charge in [0.1, 0.15) is 0 Å². The van der Waals surface area contributed by atoms with E-state index in [-0.39, 0.29) is 10.8 Å². The van der Waals surface area contributed by atoms with Gasteiger partial charge in [0, 0.05) is 87.7 Å². The topological polar surface area (TPSA) is 64.7 Å². The van der Waals surface area contributed by atoms with Crippen LogP contribution in [0.25, 0.3) is 149 Å². The van der Waals surface area contributed by atoms with E-state index in [4.69, 9.17) is 5.73 Å². The van der Waals surface area contributed by atoms with Crippen LogP contribution in [-0.2, 0) is 10.8 Å². The Labute approximate surface area is 521 Å². The number of allylic oxidation sites excluding steroid dienone is 1. The Bertz CT molecular complexity index is 5650. The highest BCUT2D eigenvalue weighted by molar-refractivity contribution is 6.40. The van der Waals surface area contributed by atoms with Crippen molar-refractivity contribution in [3.8, 4) is 61.6 Å². The number of fused-ring (bicyclic) bond motifs is 15. The van der Waals surface area contributed by atoms with E-state index in [0.717, 1.165) is 72.0 Å². The molecule has 3 aromatic heterocycles. The molecule has 0 atom stereocenters. The van der Waals surface area contributed by atoms with Crippen LogP contribution < -0.4 is 5.73 Å². The maximum atomic E-state index is 9.51. The van der Waals surface area contributed by atoms with Crippen molar-refractivity contribution in [3.63, 3.8) is 0 Å². The Morgan fingerprint density at radius 3 is 1.21 bits per heavy atom. The standard InChI is InChI=1S/C85H59N5/c1-84(2)69-25-12-8-19-56(69)58-35-33-54(47-71(58)84)88-73-27-14-10-21-60(73)65-43-50(29-38-76(65)88)52-31-40-78-67(45-52)68-46-53(32-41-79(68)90(78)75-42-37-63-80-62(75)23-16-24-64(80)83(87)81(63)82(86)49-17-6-5-7-18-49)51-30-39-77-66(44-51)61-22-11-15-28-74(61)89(77)55-34-36-59-57-20-9-13-26-70(57)85(3,4)72(59)48-55/h5-48,86H,87H2,1-4H3. The molecule has 0 amide bonds. The lowest BCUT2D eigenvalue weighted by Gasteiger charge is -2.22. The van der Waals surface area contributed by atoms with E-state index >= 15 is 0 Å². The third-order valence-corrected chi connectivity index (χ3v) is 20.8. The van der Waals surface area contributed by atoms with Crippen molar-refractivity contribution < 1.29 is 0 Å². The molecule has 0 aliphatic heterocycles. The summed E-state index contributed by atoms with van der Waals surface area (Å²) in [6.07, 6.45) is 0. The third-order valence-electron chi connectivity index (χ3n) is 20.8. The van der Waals surface area contributed by atoms with Crippen molar-refractivity contribution in [2.45, 2.75) is 38.5 Å². The van der Waals surface area contributed by atoms with Crippen LogP contribution in [0.15, 0.2) is 267 Å². The summed E-state index contributed by atoms with van der Waals surface area (Å²) in [5.41, 5.74) is 37.3. The number of benzene rings is 13. The number of nitrogens with two attached hydrogens (primary N) is 1. The van der Waals surface area contributed by atoms with Crippen molar-refractivity contribution in [3.05, 3.63) is 306 Å². The third kappa shape index (κ3) is 6.84. The maximum absolute atomic E-state index is 9.51. The Hall–Kier alpha value is -11.3. The van der Waals surface area contributed by atoms with Gasteiger partial charge in [0.05, 0.1) is 44.5 Å². The molecule has 0 spiro atoms. The van der Waals surface area contributed by atoms with Crippen molar-refractivity contribution in [1.82, 2.24) is 13.7 Å². The first-order valence-corrected chi connectivity index (χ1v) is 31.4. The number of hydrogen-bond acceptors (Lipinski definition) is 2. The van der Waals surface area contributed by atoms with E-state index in [0.29, 0.717) is 11.4 Å². The van der Waals surface area contributed by atoms with Gasteiger partial charge in [-0.2, -0.15) is 0 Å². The van der Waals surface area contributed by atoms with Gasteiger partial charge in [0.2, 0.25) is 0 Å². The molecular weight excluding hydrogens is 1090 g/mol. The Morgan fingerprint density at radius 2 is 0.700 bits per heavy atom. The number of hydrogen-bond donors (Lipinski definition) is 2. The molecule has 0 fully saturated rings. The molecule has 13 aromatic carbocycles. The molecule has 3 aliphatic carbocycles. The van der Waals surface area contributed by atoms with Gasteiger partial charge < -0.3 is 19.4 Å². The van der Waals surface area contributed by atoms with Crippen molar-refractivity contribution in [1.29, 1.82) is 5.41 Å². The zero-order valence-corrected chi connectivity index (χ0v) is 50.3. The highest BCUT2D eigenvalue weighted by Gasteiger charge is 2.37. The van der Waals surface area contributed by atoms with Crippen LogP contribution in [0.4, 0.5) is 0 Å². The number of nitrogens with one attached hydrogen (secondary N) is 1. The predicted octanol–water partition coefficient (Wildman–Crippen LogP) is 21.3. The molecule has 0 unspecified atom stereocenters. The molecule has 90 heavy (non-hydrogen) atoms. The van der Waals surface area contributed by atoms with E-state index in [1.54, 1.807) is 0 Å². The Kier molecular flexibility index (Phi) is 10.3. The molecule has 424 valence electrons. The first-order chi connectivity index (χ1) is 44.0. The summed E-state index contributed by atoms with van der Waals surface area (Å²) in [6, 6.07) is 98.8. The summed E-state index contributed by atoms with van der Waals surface area (Å²) in [6.45, 7) is 9.44. The molecule has 3 N–H and O–H groups in total. The molecule has 19 rings (SSSR count).